The van der Waals surface area contributed by atoms with Crippen molar-refractivity contribution in [1.82, 2.24) is 14.9 Å². The first kappa shape index (κ1) is 29.0. The van der Waals surface area contributed by atoms with Crippen molar-refractivity contribution in [1.29, 1.82) is 0 Å². The van der Waals surface area contributed by atoms with Gasteiger partial charge in [0.15, 0.2) is 0 Å². The topological polar surface area (TPSA) is 95.6 Å². The molecule has 200 valence electrons. The average Bonchev–Trinajstić information content (AvgIpc) is 3.26. The predicted octanol–water partition coefficient (Wildman–Crippen LogP) is 4.61. The van der Waals surface area contributed by atoms with Crippen LogP contribution >= 0.6 is 22.9 Å². The van der Waals surface area contributed by atoms with Gasteiger partial charge >= 0.3 is 0 Å². The highest BCUT2D eigenvalue weighted by atomic mass is 35.5. The standard InChI is InChI=1S/C25H28ClF2N3O4S2/c1-15(2)10-20(30-25(33)22-11-16-6-4-5-7-21(16)36-22)24(32)29-13-18(28)14-31(3)37(34,35)23-9-8-17(27)12-19(23)26/h4-9,11-12,15,18,20H,10,13-14H2,1-3H3,(H,29,32)(H,30,33)/t18-,20+/m1/s1. The first-order chi connectivity index (χ1) is 17.4. The molecule has 3 aromatic rings. The minimum atomic E-state index is -4.18. The van der Waals surface area contributed by atoms with Crippen molar-refractivity contribution in [3.8, 4) is 0 Å². The number of benzene rings is 2. The van der Waals surface area contributed by atoms with Crippen molar-refractivity contribution < 1.29 is 26.8 Å². The second-order valence-corrected chi connectivity index (χ2v) is 12.5. The van der Waals surface area contributed by atoms with Crippen LogP contribution in [-0.4, -0.2) is 56.9 Å². The summed E-state index contributed by atoms with van der Waals surface area (Å²) in [6, 6.07) is 11.2. The zero-order valence-corrected chi connectivity index (χ0v) is 22.9. The van der Waals surface area contributed by atoms with Crippen LogP contribution in [0.2, 0.25) is 5.02 Å². The number of fused-ring (bicyclic) bond motifs is 1. The summed E-state index contributed by atoms with van der Waals surface area (Å²) >= 11 is 7.16. The lowest BCUT2D eigenvalue weighted by atomic mass is 10.0. The summed E-state index contributed by atoms with van der Waals surface area (Å²) in [7, 11) is -3.02. The lowest BCUT2D eigenvalue weighted by Gasteiger charge is -2.22. The summed E-state index contributed by atoms with van der Waals surface area (Å²) < 4.78 is 55.1. The van der Waals surface area contributed by atoms with E-state index in [1.807, 2.05) is 38.1 Å². The number of carbonyl (C=O) groups excluding carboxylic acids is 2. The van der Waals surface area contributed by atoms with Gasteiger partial charge in [-0.05, 0) is 48.1 Å². The Labute approximate surface area is 223 Å². The van der Waals surface area contributed by atoms with E-state index in [1.165, 1.54) is 11.3 Å². The summed E-state index contributed by atoms with van der Waals surface area (Å²) in [5, 5.41) is 5.80. The van der Waals surface area contributed by atoms with Crippen molar-refractivity contribution in [3.63, 3.8) is 0 Å². The van der Waals surface area contributed by atoms with E-state index in [1.54, 1.807) is 6.07 Å². The molecule has 1 heterocycles. The molecule has 0 saturated heterocycles. The molecule has 0 aliphatic carbocycles. The third-order valence-corrected chi connectivity index (χ3v) is 8.93. The van der Waals surface area contributed by atoms with E-state index >= 15 is 0 Å². The van der Waals surface area contributed by atoms with Gasteiger partial charge in [-0.25, -0.2) is 17.2 Å². The third kappa shape index (κ3) is 7.47. The Balaban J connectivity index is 1.60. The minimum Gasteiger partial charge on any atom is -0.351 e. The van der Waals surface area contributed by atoms with Gasteiger partial charge in [0.1, 0.15) is 22.9 Å². The fourth-order valence-electron chi connectivity index (χ4n) is 3.65. The van der Waals surface area contributed by atoms with Crippen molar-refractivity contribution in [3.05, 3.63) is 64.2 Å². The molecule has 0 unspecified atom stereocenters. The molecule has 0 saturated carbocycles. The lowest BCUT2D eigenvalue weighted by Crippen LogP contribution is -2.49. The van der Waals surface area contributed by atoms with Crippen molar-refractivity contribution in [2.24, 2.45) is 5.92 Å². The largest absolute Gasteiger partial charge is 0.351 e. The molecule has 2 amide bonds. The molecule has 2 aromatic carbocycles. The predicted molar refractivity (Wildman–Crippen MR) is 142 cm³/mol. The highest BCUT2D eigenvalue weighted by Crippen LogP contribution is 2.26. The summed E-state index contributed by atoms with van der Waals surface area (Å²) in [5.41, 5.74) is 0. The quantitative estimate of drug-likeness (QED) is 0.351. The normalized spacial score (nSPS) is 13.6. The fraction of sp³-hybridized carbons (Fsp3) is 0.360. The number of hydrogen-bond acceptors (Lipinski definition) is 5. The van der Waals surface area contributed by atoms with E-state index in [-0.39, 0.29) is 15.8 Å². The number of thiophene rings is 1. The molecule has 3 rings (SSSR count). The van der Waals surface area contributed by atoms with Crippen LogP contribution in [-0.2, 0) is 14.8 Å². The molecule has 0 aliphatic rings. The van der Waals surface area contributed by atoms with Gasteiger partial charge in [0.2, 0.25) is 15.9 Å². The van der Waals surface area contributed by atoms with E-state index in [9.17, 15) is 26.8 Å². The van der Waals surface area contributed by atoms with E-state index in [0.29, 0.717) is 11.3 Å². The first-order valence-electron chi connectivity index (χ1n) is 11.5. The molecule has 1 aromatic heterocycles. The molecule has 0 fully saturated rings. The Morgan fingerprint density at radius 1 is 1.14 bits per heavy atom. The van der Waals surface area contributed by atoms with E-state index in [4.69, 9.17) is 11.6 Å². The number of carbonyl (C=O) groups is 2. The zero-order chi connectivity index (χ0) is 27.3. The van der Waals surface area contributed by atoms with Gasteiger partial charge in [0.05, 0.1) is 16.4 Å². The van der Waals surface area contributed by atoms with E-state index < -0.39 is 53.0 Å². The van der Waals surface area contributed by atoms with Crippen LogP contribution in [0.5, 0.6) is 0 Å². The van der Waals surface area contributed by atoms with E-state index in [0.717, 1.165) is 39.6 Å². The molecule has 0 bridgehead atoms. The van der Waals surface area contributed by atoms with Gasteiger partial charge in [-0.15, -0.1) is 11.3 Å². The molecule has 37 heavy (non-hydrogen) atoms. The van der Waals surface area contributed by atoms with Crippen LogP contribution in [0.1, 0.15) is 29.9 Å². The molecule has 0 radical (unpaired) electrons. The molecular weight excluding hydrogens is 544 g/mol. The van der Waals surface area contributed by atoms with Crippen LogP contribution in [0.25, 0.3) is 10.1 Å². The van der Waals surface area contributed by atoms with Crippen molar-refractivity contribution >= 4 is 54.9 Å². The summed E-state index contributed by atoms with van der Waals surface area (Å²) in [6.07, 6.45) is -1.42. The first-order valence-corrected chi connectivity index (χ1v) is 14.1. The van der Waals surface area contributed by atoms with Gasteiger partial charge in [0.25, 0.3) is 5.91 Å². The van der Waals surface area contributed by atoms with Crippen LogP contribution in [0.3, 0.4) is 0 Å². The molecule has 2 N–H and O–H groups in total. The molecule has 2 atom stereocenters. The molecule has 7 nitrogen and oxygen atoms in total. The number of nitrogens with one attached hydrogen (secondary N) is 2. The Hall–Kier alpha value is -2.60. The number of halogens is 3. The minimum absolute atomic E-state index is 0.0661. The zero-order valence-electron chi connectivity index (χ0n) is 20.5. The number of amides is 2. The monoisotopic (exact) mass is 571 g/mol. The summed E-state index contributed by atoms with van der Waals surface area (Å²) in [6.45, 7) is 2.75. The Morgan fingerprint density at radius 2 is 1.84 bits per heavy atom. The smallest absolute Gasteiger partial charge is 0.262 e. The second kappa shape index (κ2) is 12.3. The number of hydrogen-bond donors (Lipinski definition) is 2. The maximum absolute atomic E-state index is 14.7. The third-order valence-electron chi connectivity index (χ3n) is 5.51. The van der Waals surface area contributed by atoms with Gasteiger partial charge in [-0.2, -0.15) is 4.31 Å². The van der Waals surface area contributed by atoms with Crippen molar-refractivity contribution in [2.75, 3.05) is 20.1 Å². The van der Waals surface area contributed by atoms with Crippen LogP contribution < -0.4 is 10.6 Å². The van der Waals surface area contributed by atoms with Crippen LogP contribution in [0, 0.1) is 11.7 Å². The number of nitrogens with zero attached hydrogens (tertiary/aromatic N) is 1. The maximum Gasteiger partial charge on any atom is 0.262 e. The maximum atomic E-state index is 14.7. The van der Waals surface area contributed by atoms with Crippen LogP contribution in [0.15, 0.2) is 53.4 Å². The van der Waals surface area contributed by atoms with E-state index in [2.05, 4.69) is 10.6 Å². The van der Waals surface area contributed by atoms with Gasteiger partial charge in [0, 0.05) is 18.3 Å². The number of sulfonamides is 1. The Bertz CT molecular complexity index is 1350. The summed E-state index contributed by atoms with van der Waals surface area (Å²) in [5.74, 6) is -1.61. The average molecular weight is 572 g/mol. The molecular formula is C25H28ClF2N3O4S2. The highest BCUT2D eigenvalue weighted by Gasteiger charge is 2.28. The van der Waals surface area contributed by atoms with Crippen LogP contribution in [0.4, 0.5) is 8.78 Å². The van der Waals surface area contributed by atoms with Gasteiger partial charge in [-0.3, -0.25) is 9.59 Å². The molecule has 0 spiro atoms. The Kier molecular flexibility index (Phi) is 9.63. The van der Waals surface area contributed by atoms with Crippen molar-refractivity contribution in [2.45, 2.75) is 37.4 Å². The highest BCUT2D eigenvalue weighted by molar-refractivity contribution is 7.89. The second-order valence-electron chi connectivity index (χ2n) is 9.01. The molecule has 12 heteroatoms. The number of rotatable bonds is 11. The van der Waals surface area contributed by atoms with Gasteiger partial charge in [-0.1, -0.05) is 43.6 Å². The molecule has 0 aliphatic heterocycles. The summed E-state index contributed by atoms with van der Waals surface area (Å²) in [4.78, 5) is 25.8. The van der Waals surface area contributed by atoms with Gasteiger partial charge < -0.3 is 10.6 Å². The Morgan fingerprint density at radius 3 is 2.49 bits per heavy atom. The lowest BCUT2D eigenvalue weighted by molar-refractivity contribution is -0.123. The fourth-order valence-corrected chi connectivity index (χ4v) is 6.32. The SMILES string of the molecule is CC(C)C[C@H](NC(=O)c1cc2ccccc2s1)C(=O)NC[C@@H](F)CN(C)S(=O)(=O)c1ccc(F)cc1Cl. The number of alkyl halides is 1.